The second-order valence-corrected chi connectivity index (χ2v) is 5.05. The first-order chi connectivity index (χ1) is 7.15. The van der Waals surface area contributed by atoms with E-state index in [1.54, 1.807) is 0 Å². The molecule has 0 amide bonds. The maximum Gasteiger partial charge on any atom is 0.108 e. The predicted molar refractivity (Wildman–Crippen MR) is 61.4 cm³/mol. The molecule has 1 aromatic carbocycles. The van der Waals surface area contributed by atoms with Crippen LogP contribution in [0.5, 0.6) is 0 Å². The molecule has 3 heteroatoms. The summed E-state index contributed by atoms with van der Waals surface area (Å²) in [4.78, 5) is 0. The molecule has 1 aliphatic rings. The molecule has 0 aromatic heterocycles. The lowest BCUT2D eigenvalue weighted by Gasteiger charge is -2.35. The minimum absolute atomic E-state index is 0.286. The molecular weight excluding hydrogens is 254 g/mol. The van der Waals surface area contributed by atoms with Crippen LogP contribution in [0.2, 0.25) is 0 Å². The molecule has 1 aromatic rings. The Morgan fingerprint density at radius 2 is 2.27 bits per heavy atom. The third kappa shape index (κ3) is 2.06. The lowest BCUT2D eigenvalue weighted by atomic mass is 9.80. The van der Waals surface area contributed by atoms with E-state index in [-0.39, 0.29) is 5.41 Å². The van der Waals surface area contributed by atoms with Crippen LogP contribution in [-0.4, -0.2) is 13.2 Å². The SMILES string of the molecule is Cc1ccc(Br)cc1CC1(C#N)COC1. The van der Waals surface area contributed by atoms with Crippen molar-refractivity contribution in [3.05, 3.63) is 33.8 Å². The molecule has 2 nitrogen and oxygen atoms in total. The van der Waals surface area contributed by atoms with E-state index in [1.807, 2.05) is 6.07 Å². The molecule has 0 spiro atoms. The van der Waals surface area contributed by atoms with Gasteiger partial charge in [0.05, 0.1) is 19.3 Å². The van der Waals surface area contributed by atoms with Crippen LogP contribution in [0.15, 0.2) is 22.7 Å². The van der Waals surface area contributed by atoms with Gasteiger partial charge in [-0.1, -0.05) is 22.0 Å². The molecular formula is C12H12BrNO. The van der Waals surface area contributed by atoms with Gasteiger partial charge in [0.15, 0.2) is 0 Å². The smallest absolute Gasteiger partial charge is 0.108 e. The van der Waals surface area contributed by atoms with Gasteiger partial charge in [-0.25, -0.2) is 0 Å². The Bertz CT molecular complexity index is 418. The minimum Gasteiger partial charge on any atom is -0.378 e. The van der Waals surface area contributed by atoms with E-state index < -0.39 is 0 Å². The lowest BCUT2D eigenvalue weighted by molar-refractivity contribution is -0.0766. The topological polar surface area (TPSA) is 33.0 Å². The molecule has 0 unspecified atom stereocenters. The third-order valence-electron chi connectivity index (χ3n) is 2.83. The minimum atomic E-state index is -0.286. The van der Waals surface area contributed by atoms with Crippen molar-refractivity contribution in [2.75, 3.05) is 13.2 Å². The first-order valence-corrected chi connectivity index (χ1v) is 5.69. The maximum absolute atomic E-state index is 9.12. The maximum atomic E-state index is 9.12. The van der Waals surface area contributed by atoms with Crippen LogP contribution in [-0.2, 0) is 11.2 Å². The summed E-state index contributed by atoms with van der Waals surface area (Å²) in [7, 11) is 0. The number of ether oxygens (including phenoxy) is 1. The number of halogens is 1. The van der Waals surface area contributed by atoms with Gasteiger partial charge < -0.3 is 4.74 Å². The van der Waals surface area contributed by atoms with Gasteiger partial charge in [-0.15, -0.1) is 0 Å². The molecule has 0 N–H and O–H groups in total. The van der Waals surface area contributed by atoms with E-state index >= 15 is 0 Å². The molecule has 78 valence electrons. The van der Waals surface area contributed by atoms with Gasteiger partial charge in [0.1, 0.15) is 5.41 Å². The van der Waals surface area contributed by atoms with Crippen LogP contribution in [0.4, 0.5) is 0 Å². The molecule has 15 heavy (non-hydrogen) atoms. The van der Waals surface area contributed by atoms with E-state index in [1.165, 1.54) is 11.1 Å². The summed E-state index contributed by atoms with van der Waals surface area (Å²) in [6, 6.07) is 8.56. The largest absolute Gasteiger partial charge is 0.378 e. The zero-order valence-corrected chi connectivity index (χ0v) is 10.2. The van der Waals surface area contributed by atoms with Crippen LogP contribution in [0, 0.1) is 23.7 Å². The number of benzene rings is 1. The van der Waals surface area contributed by atoms with Gasteiger partial charge in [0.25, 0.3) is 0 Å². The monoisotopic (exact) mass is 265 g/mol. The van der Waals surface area contributed by atoms with E-state index in [0.717, 1.165) is 10.9 Å². The summed E-state index contributed by atoms with van der Waals surface area (Å²) < 4.78 is 6.20. The highest BCUT2D eigenvalue weighted by Gasteiger charge is 2.39. The van der Waals surface area contributed by atoms with Crippen molar-refractivity contribution in [2.24, 2.45) is 5.41 Å². The Morgan fingerprint density at radius 1 is 1.53 bits per heavy atom. The second-order valence-electron chi connectivity index (χ2n) is 4.13. The summed E-state index contributed by atoms with van der Waals surface area (Å²) in [5.41, 5.74) is 2.18. The molecule has 1 aliphatic heterocycles. The fraction of sp³-hybridized carbons (Fsp3) is 0.417. The highest BCUT2D eigenvalue weighted by Crippen LogP contribution is 2.32. The summed E-state index contributed by atoms with van der Waals surface area (Å²) >= 11 is 3.45. The average molecular weight is 266 g/mol. The standard InChI is InChI=1S/C12H12BrNO/c1-9-2-3-11(13)4-10(9)5-12(6-14)7-15-8-12/h2-4H,5,7-8H2,1H3. The van der Waals surface area contributed by atoms with Crippen LogP contribution in [0.25, 0.3) is 0 Å². The van der Waals surface area contributed by atoms with Crippen LogP contribution >= 0.6 is 15.9 Å². The van der Waals surface area contributed by atoms with Crippen molar-refractivity contribution in [1.29, 1.82) is 5.26 Å². The van der Waals surface area contributed by atoms with Crippen molar-refractivity contribution in [3.8, 4) is 6.07 Å². The fourth-order valence-electron chi connectivity index (χ4n) is 1.75. The summed E-state index contributed by atoms with van der Waals surface area (Å²) in [5, 5.41) is 9.12. The summed E-state index contributed by atoms with van der Waals surface area (Å²) in [5.74, 6) is 0. The molecule has 0 aliphatic carbocycles. The van der Waals surface area contributed by atoms with Gasteiger partial charge in [0.2, 0.25) is 0 Å². The zero-order chi connectivity index (χ0) is 10.9. The Balaban J connectivity index is 2.24. The third-order valence-corrected chi connectivity index (χ3v) is 3.33. The number of nitrogens with zero attached hydrogens (tertiary/aromatic N) is 1. The number of rotatable bonds is 2. The molecule has 0 radical (unpaired) electrons. The van der Waals surface area contributed by atoms with E-state index in [9.17, 15) is 0 Å². The van der Waals surface area contributed by atoms with Gasteiger partial charge in [0, 0.05) is 4.47 Å². The van der Waals surface area contributed by atoms with Crippen molar-refractivity contribution in [3.63, 3.8) is 0 Å². The average Bonchev–Trinajstić information content (AvgIpc) is 2.17. The van der Waals surface area contributed by atoms with E-state index in [0.29, 0.717) is 13.2 Å². The van der Waals surface area contributed by atoms with E-state index in [4.69, 9.17) is 10.00 Å². The molecule has 1 saturated heterocycles. The Hall–Kier alpha value is -0.850. The predicted octanol–water partition coefficient (Wildman–Crippen LogP) is 2.84. The van der Waals surface area contributed by atoms with E-state index in [2.05, 4.69) is 41.1 Å². The highest BCUT2D eigenvalue weighted by atomic mass is 79.9. The van der Waals surface area contributed by atoms with Crippen LogP contribution in [0.3, 0.4) is 0 Å². The van der Waals surface area contributed by atoms with Crippen molar-refractivity contribution in [1.82, 2.24) is 0 Å². The summed E-state index contributed by atoms with van der Waals surface area (Å²) in [6.07, 6.45) is 0.786. The molecule has 0 bridgehead atoms. The quantitative estimate of drug-likeness (QED) is 0.824. The summed E-state index contributed by atoms with van der Waals surface area (Å²) in [6.45, 7) is 3.21. The van der Waals surface area contributed by atoms with Crippen molar-refractivity contribution in [2.45, 2.75) is 13.3 Å². The van der Waals surface area contributed by atoms with Gasteiger partial charge in [-0.3, -0.25) is 0 Å². The molecule has 2 rings (SSSR count). The molecule has 1 heterocycles. The molecule has 1 fully saturated rings. The van der Waals surface area contributed by atoms with Gasteiger partial charge in [-0.05, 0) is 36.6 Å². The van der Waals surface area contributed by atoms with Gasteiger partial charge >= 0.3 is 0 Å². The highest BCUT2D eigenvalue weighted by molar-refractivity contribution is 9.10. The number of hydrogen-bond donors (Lipinski definition) is 0. The molecule has 0 atom stereocenters. The first-order valence-electron chi connectivity index (χ1n) is 4.89. The van der Waals surface area contributed by atoms with Crippen LogP contribution < -0.4 is 0 Å². The first kappa shape index (κ1) is 10.7. The number of nitriles is 1. The normalized spacial score (nSPS) is 17.9. The Labute approximate surface area is 98.0 Å². The van der Waals surface area contributed by atoms with Gasteiger partial charge in [-0.2, -0.15) is 5.26 Å². The number of aryl methyl sites for hydroxylation is 1. The molecule has 0 saturated carbocycles. The van der Waals surface area contributed by atoms with Crippen molar-refractivity contribution >= 4 is 15.9 Å². The Morgan fingerprint density at radius 3 is 2.80 bits per heavy atom. The number of hydrogen-bond acceptors (Lipinski definition) is 2. The fourth-order valence-corrected chi connectivity index (χ4v) is 2.16. The van der Waals surface area contributed by atoms with Crippen LogP contribution in [0.1, 0.15) is 11.1 Å². The Kier molecular flexibility index (Phi) is 2.81. The zero-order valence-electron chi connectivity index (χ0n) is 8.59. The lowest BCUT2D eigenvalue weighted by Crippen LogP contribution is -2.43. The second kappa shape index (κ2) is 3.96. The van der Waals surface area contributed by atoms with Crippen molar-refractivity contribution < 1.29 is 4.74 Å².